The van der Waals surface area contributed by atoms with E-state index in [2.05, 4.69) is 10.1 Å². The molecule has 0 aliphatic carbocycles. The molecule has 1 aliphatic heterocycles. The van der Waals surface area contributed by atoms with Crippen molar-refractivity contribution in [2.75, 3.05) is 6.61 Å². The Morgan fingerprint density at radius 1 is 1.37 bits per heavy atom. The fourth-order valence-electron chi connectivity index (χ4n) is 2.50. The average Bonchev–Trinajstić information content (AvgIpc) is 2.79. The second-order valence-electron chi connectivity index (χ2n) is 5.06. The Hall–Kier alpha value is -1.88. The number of phenols is 1. The van der Waals surface area contributed by atoms with E-state index in [1.54, 1.807) is 12.1 Å². The first kappa shape index (κ1) is 12.2. The van der Waals surface area contributed by atoms with Crippen molar-refractivity contribution in [1.29, 1.82) is 0 Å². The van der Waals surface area contributed by atoms with Gasteiger partial charge in [-0.15, -0.1) is 0 Å². The minimum Gasteiger partial charge on any atom is -0.508 e. The van der Waals surface area contributed by atoms with Gasteiger partial charge >= 0.3 is 0 Å². The Morgan fingerprint density at radius 3 is 3.05 bits per heavy atom. The van der Waals surface area contributed by atoms with Crippen molar-refractivity contribution in [3.63, 3.8) is 0 Å². The molecular formula is C14H17N3O2. The van der Waals surface area contributed by atoms with Crippen LogP contribution in [0.15, 0.2) is 24.3 Å². The van der Waals surface area contributed by atoms with E-state index in [1.165, 1.54) is 0 Å². The van der Waals surface area contributed by atoms with Crippen molar-refractivity contribution in [1.82, 2.24) is 14.8 Å². The number of hydrogen-bond donors (Lipinski definition) is 2. The van der Waals surface area contributed by atoms with Crippen molar-refractivity contribution in [2.45, 2.75) is 25.8 Å². The third-order valence-corrected chi connectivity index (χ3v) is 3.53. The van der Waals surface area contributed by atoms with E-state index in [-0.39, 0.29) is 12.4 Å². The van der Waals surface area contributed by atoms with Gasteiger partial charge in [0, 0.05) is 31.9 Å². The lowest BCUT2D eigenvalue weighted by Gasteiger charge is -2.19. The van der Waals surface area contributed by atoms with Crippen LogP contribution in [-0.2, 0) is 19.4 Å². The van der Waals surface area contributed by atoms with Gasteiger partial charge in [-0.2, -0.15) is 5.10 Å². The van der Waals surface area contributed by atoms with Crippen molar-refractivity contribution in [3.8, 4) is 5.75 Å². The number of nitrogens with zero attached hydrogens (tertiary/aromatic N) is 3. The van der Waals surface area contributed by atoms with Gasteiger partial charge in [0.1, 0.15) is 11.6 Å². The molecule has 1 aromatic heterocycles. The van der Waals surface area contributed by atoms with E-state index in [0.717, 1.165) is 36.6 Å². The predicted molar refractivity (Wildman–Crippen MR) is 69.8 cm³/mol. The Morgan fingerprint density at radius 2 is 2.26 bits per heavy atom. The molecule has 1 aliphatic rings. The molecule has 2 heterocycles. The largest absolute Gasteiger partial charge is 0.508 e. The molecule has 1 atom stereocenters. The highest BCUT2D eigenvalue weighted by Crippen LogP contribution is 2.19. The second kappa shape index (κ2) is 5.01. The molecule has 1 unspecified atom stereocenters. The predicted octanol–water partition coefficient (Wildman–Crippen LogP) is 1.13. The van der Waals surface area contributed by atoms with Gasteiger partial charge in [-0.05, 0) is 24.1 Å². The second-order valence-corrected chi connectivity index (χ2v) is 5.06. The number of rotatable bonds is 3. The highest BCUT2D eigenvalue weighted by Gasteiger charge is 2.20. The molecule has 19 heavy (non-hydrogen) atoms. The first-order valence-corrected chi connectivity index (χ1v) is 6.56. The van der Waals surface area contributed by atoms with Crippen molar-refractivity contribution in [2.24, 2.45) is 5.92 Å². The lowest BCUT2D eigenvalue weighted by Crippen LogP contribution is -2.23. The van der Waals surface area contributed by atoms with Crippen LogP contribution in [0.4, 0.5) is 0 Å². The van der Waals surface area contributed by atoms with Crippen molar-refractivity contribution >= 4 is 0 Å². The van der Waals surface area contributed by atoms with E-state index < -0.39 is 0 Å². The monoisotopic (exact) mass is 259 g/mol. The third-order valence-electron chi connectivity index (χ3n) is 3.53. The van der Waals surface area contributed by atoms with Crippen LogP contribution in [0.5, 0.6) is 5.75 Å². The number of aliphatic hydroxyl groups excluding tert-OH is 1. The summed E-state index contributed by atoms with van der Waals surface area (Å²) in [4.78, 5) is 4.53. The number of hydrogen-bond acceptors (Lipinski definition) is 4. The molecule has 0 saturated carbocycles. The molecule has 3 rings (SSSR count). The van der Waals surface area contributed by atoms with Crippen LogP contribution >= 0.6 is 0 Å². The topological polar surface area (TPSA) is 71.2 Å². The van der Waals surface area contributed by atoms with Crippen LogP contribution in [0, 0.1) is 5.92 Å². The molecule has 5 nitrogen and oxygen atoms in total. The fraction of sp³-hybridized carbons (Fsp3) is 0.429. The number of aromatic hydroxyl groups is 1. The van der Waals surface area contributed by atoms with Crippen molar-refractivity contribution < 1.29 is 10.2 Å². The molecule has 2 aromatic rings. The van der Waals surface area contributed by atoms with Gasteiger partial charge in [-0.1, -0.05) is 12.1 Å². The van der Waals surface area contributed by atoms with E-state index in [0.29, 0.717) is 12.3 Å². The quantitative estimate of drug-likeness (QED) is 0.866. The molecular weight excluding hydrogens is 242 g/mol. The summed E-state index contributed by atoms with van der Waals surface area (Å²) in [5.41, 5.74) is 1.00. The summed E-state index contributed by atoms with van der Waals surface area (Å²) in [6, 6.07) is 7.16. The minimum atomic E-state index is 0.210. The van der Waals surface area contributed by atoms with Gasteiger partial charge < -0.3 is 10.2 Å². The van der Waals surface area contributed by atoms with Gasteiger partial charge in [0.05, 0.1) is 0 Å². The fourth-order valence-corrected chi connectivity index (χ4v) is 2.50. The Labute approximate surface area is 111 Å². The third kappa shape index (κ3) is 2.61. The van der Waals surface area contributed by atoms with Gasteiger partial charge in [-0.25, -0.2) is 9.67 Å². The summed E-state index contributed by atoms with van der Waals surface area (Å²) in [7, 11) is 0. The Kier molecular flexibility index (Phi) is 3.21. The number of aliphatic hydroxyl groups is 1. The molecule has 0 saturated heterocycles. The summed E-state index contributed by atoms with van der Waals surface area (Å²) >= 11 is 0. The van der Waals surface area contributed by atoms with Gasteiger partial charge in [0.15, 0.2) is 5.82 Å². The maximum atomic E-state index is 9.45. The zero-order chi connectivity index (χ0) is 13.2. The minimum absolute atomic E-state index is 0.210. The average molecular weight is 259 g/mol. The molecule has 2 N–H and O–H groups in total. The maximum absolute atomic E-state index is 9.45. The zero-order valence-electron chi connectivity index (χ0n) is 10.7. The number of aryl methyl sites for hydroxylation is 1. The van der Waals surface area contributed by atoms with E-state index >= 15 is 0 Å². The molecule has 1 aromatic carbocycles. The smallest absolute Gasteiger partial charge is 0.155 e. The molecule has 5 heteroatoms. The summed E-state index contributed by atoms with van der Waals surface area (Å²) in [5.74, 6) is 2.34. The van der Waals surface area contributed by atoms with Crippen molar-refractivity contribution in [3.05, 3.63) is 41.5 Å². The maximum Gasteiger partial charge on any atom is 0.155 e. The SMILES string of the molecule is OCC1CCc2nc(Cc3cccc(O)c3)nn2C1. The highest BCUT2D eigenvalue weighted by molar-refractivity contribution is 5.29. The highest BCUT2D eigenvalue weighted by atomic mass is 16.3. The van der Waals surface area contributed by atoms with Crippen LogP contribution in [0.1, 0.15) is 23.6 Å². The van der Waals surface area contributed by atoms with E-state index in [4.69, 9.17) is 0 Å². The molecule has 0 radical (unpaired) electrons. The Bertz CT molecular complexity index is 580. The summed E-state index contributed by atoms with van der Waals surface area (Å²) in [6.07, 6.45) is 2.47. The number of benzene rings is 1. The number of fused-ring (bicyclic) bond motifs is 1. The molecule has 100 valence electrons. The Balaban J connectivity index is 1.78. The number of aromatic nitrogens is 3. The lowest BCUT2D eigenvalue weighted by molar-refractivity contribution is 0.185. The summed E-state index contributed by atoms with van der Waals surface area (Å²) < 4.78 is 1.91. The standard InChI is InChI=1S/C14H17N3O2/c18-9-11-4-5-14-15-13(16-17(14)8-11)7-10-2-1-3-12(19)6-10/h1-3,6,11,18-19H,4-5,7-9H2. The first-order chi connectivity index (χ1) is 9.24. The molecule has 0 amide bonds. The zero-order valence-corrected chi connectivity index (χ0v) is 10.7. The molecule has 0 bridgehead atoms. The summed E-state index contributed by atoms with van der Waals surface area (Å²) in [6.45, 7) is 0.958. The lowest BCUT2D eigenvalue weighted by atomic mass is 10.0. The van der Waals surface area contributed by atoms with Crippen LogP contribution in [0.3, 0.4) is 0 Å². The van der Waals surface area contributed by atoms with E-state index in [1.807, 2.05) is 16.8 Å². The van der Waals surface area contributed by atoms with Gasteiger partial charge in [-0.3, -0.25) is 0 Å². The summed E-state index contributed by atoms with van der Waals surface area (Å²) in [5, 5.41) is 23.1. The van der Waals surface area contributed by atoms with E-state index in [9.17, 15) is 10.2 Å². The van der Waals surface area contributed by atoms with Crippen LogP contribution in [-0.4, -0.2) is 31.6 Å². The van der Waals surface area contributed by atoms with Gasteiger partial charge in [0.2, 0.25) is 0 Å². The van der Waals surface area contributed by atoms with Crippen LogP contribution in [0.25, 0.3) is 0 Å². The molecule has 0 fully saturated rings. The molecule has 0 spiro atoms. The first-order valence-electron chi connectivity index (χ1n) is 6.56. The van der Waals surface area contributed by atoms with Crippen LogP contribution < -0.4 is 0 Å². The van der Waals surface area contributed by atoms with Gasteiger partial charge in [0.25, 0.3) is 0 Å². The number of phenolic OH excluding ortho intramolecular Hbond substituents is 1. The normalized spacial score (nSPS) is 18.3. The van der Waals surface area contributed by atoms with Crippen LogP contribution in [0.2, 0.25) is 0 Å².